The zero-order valence-corrected chi connectivity index (χ0v) is 58.2. The van der Waals surface area contributed by atoms with E-state index in [9.17, 15) is 29.7 Å². The summed E-state index contributed by atoms with van der Waals surface area (Å²) < 4.78 is 19.2. The highest BCUT2D eigenvalue weighted by atomic mass is 16.5. The number of hydrogen-bond acceptors (Lipinski definition) is 18. The highest BCUT2D eigenvalue weighted by Gasteiger charge is 2.31. The fourth-order valence-electron chi connectivity index (χ4n) is 13.1. The summed E-state index contributed by atoms with van der Waals surface area (Å²) >= 11 is 0. The number of pyridine rings is 4. The number of aliphatic hydroxyl groups is 3. The molecule has 6 atom stereocenters. The number of aryl methyl sites for hydroxylation is 3. The second-order valence-electron chi connectivity index (χ2n) is 26.4. The Kier molecular flexibility index (Phi) is 21.5. The average molecular weight is 1390 g/mol. The molecule has 2 aliphatic carbocycles. The number of aliphatic hydroxyl groups excluding tert-OH is 3. The zero-order valence-electron chi connectivity index (χ0n) is 58.2. The molecule has 26 heteroatoms. The number of ether oxygens (including phenoxy) is 1. The maximum Gasteiger partial charge on any atom is 0.270 e. The van der Waals surface area contributed by atoms with Gasteiger partial charge in [-0.15, -0.1) is 0 Å². The molecule has 10 aromatic heterocycles. The van der Waals surface area contributed by atoms with Gasteiger partial charge >= 0.3 is 0 Å². The summed E-state index contributed by atoms with van der Waals surface area (Å²) in [5.41, 5.74) is 15.9. The van der Waals surface area contributed by atoms with Gasteiger partial charge in [0.05, 0.1) is 66.3 Å². The van der Waals surface area contributed by atoms with E-state index < -0.39 is 18.3 Å². The first-order chi connectivity index (χ1) is 49.9. The van der Waals surface area contributed by atoms with Crippen LogP contribution < -0.4 is 16.0 Å². The van der Waals surface area contributed by atoms with Gasteiger partial charge in [0.15, 0.2) is 17.5 Å². The molecule has 6 N–H and O–H groups in total. The van der Waals surface area contributed by atoms with Crippen molar-refractivity contribution in [1.82, 2.24) is 89.8 Å². The minimum absolute atomic E-state index is 0.214. The Morgan fingerprint density at radius 2 is 1.03 bits per heavy atom. The van der Waals surface area contributed by atoms with Crippen molar-refractivity contribution in [3.63, 3.8) is 0 Å². The van der Waals surface area contributed by atoms with Gasteiger partial charge in [-0.25, -0.2) is 34.0 Å². The molecule has 0 unspecified atom stereocenters. The number of carbonyl (C=O) groups is 3. The highest BCUT2D eigenvalue weighted by Crippen LogP contribution is 2.30. The molecule has 2 aromatic carbocycles. The van der Waals surface area contributed by atoms with Crippen LogP contribution in [0.25, 0.3) is 51.2 Å². The molecule has 1 aliphatic heterocycles. The highest BCUT2D eigenvalue weighted by molar-refractivity contribution is 5.94. The maximum absolute atomic E-state index is 13.2. The van der Waals surface area contributed by atoms with Gasteiger partial charge in [0.2, 0.25) is 0 Å². The van der Waals surface area contributed by atoms with Gasteiger partial charge < -0.3 is 40.4 Å². The average Bonchev–Trinajstić information content (AvgIpc) is 1.55. The van der Waals surface area contributed by atoms with Crippen LogP contribution in [0.1, 0.15) is 132 Å². The first kappa shape index (κ1) is 70.0. The third-order valence-electron chi connectivity index (χ3n) is 19.0. The van der Waals surface area contributed by atoms with Crippen LogP contribution >= 0.6 is 0 Å². The Labute approximate surface area is 594 Å². The predicted octanol–water partition coefficient (Wildman–Crippen LogP) is 8.82. The zero-order chi connectivity index (χ0) is 71.7. The van der Waals surface area contributed by atoms with Crippen molar-refractivity contribution in [2.75, 3.05) is 13.2 Å². The molecular formula is C77H82N18O8. The van der Waals surface area contributed by atoms with Crippen LogP contribution in [0.15, 0.2) is 176 Å². The van der Waals surface area contributed by atoms with Crippen molar-refractivity contribution >= 4 is 17.7 Å². The molecule has 103 heavy (non-hydrogen) atoms. The molecule has 0 bridgehead atoms. The Balaban J connectivity index is 0.000000138. The van der Waals surface area contributed by atoms with Crippen LogP contribution in [0.4, 0.5) is 0 Å². The topological polar surface area (TPSA) is 324 Å². The molecule has 528 valence electrons. The lowest BCUT2D eigenvalue weighted by atomic mass is 9.97. The molecular weight excluding hydrogens is 1300 g/mol. The van der Waals surface area contributed by atoms with E-state index in [1.807, 2.05) is 163 Å². The number of benzene rings is 2. The Hall–Kier alpha value is -11.5. The van der Waals surface area contributed by atoms with Crippen molar-refractivity contribution in [3.05, 3.63) is 244 Å². The molecule has 15 rings (SSSR count). The summed E-state index contributed by atoms with van der Waals surface area (Å²) in [4.78, 5) is 62.2. The van der Waals surface area contributed by atoms with Gasteiger partial charge in [0.1, 0.15) is 34.7 Å². The van der Waals surface area contributed by atoms with E-state index in [4.69, 9.17) is 9.15 Å². The lowest BCUT2D eigenvalue weighted by Gasteiger charge is -2.28. The van der Waals surface area contributed by atoms with Crippen LogP contribution in [-0.4, -0.2) is 157 Å². The number of rotatable bonds is 18. The van der Waals surface area contributed by atoms with E-state index >= 15 is 0 Å². The number of oxazole rings is 1. The standard InChI is InChI=1S/C26H28N6O3.C26H27N5O3.C25H27N7O2/c1-17-19(14-18-4-6-20(7-5-18)32-11-3-10-27-32)15-23(28-25(17)22-8-12-31(2)30-22)26(34)29-21-9-13-35-16-24(21)33;1-16-20(13-18-7-9-19(10-8-18)23-15-34-17(2)28-23)14-22(29-25(16)31-12-4-11-27-31)26(33)30-21-5-3-6-24(21)32;1-16-18(11-17-7-8-20(26-13-17)19-14-28-31(2)15-19)12-22(29-24(16)32-10-4-9-27-32)25(34)30-21-5-3-6-23(21)33/h3-8,10-12,15,21,24,33H,9,13-14,16H2,1-2H3,(H,29,34);4,7-12,14-15,21,24,32H,3,5-6,13H2,1-2H3,(H,30,33);4,7-10,12-15,21,23,33H,3,5-6,11H2,1-2H3,(H,30,34)/t2*21-,24-;21-,23-/m000/s1. The Bertz CT molecular complexity index is 4670. The second-order valence-corrected chi connectivity index (χ2v) is 26.4. The van der Waals surface area contributed by atoms with Gasteiger partial charge in [-0.3, -0.25) is 28.7 Å². The maximum atomic E-state index is 13.2. The molecule has 11 heterocycles. The molecule has 0 spiro atoms. The van der Waals surface area contributed by atoms with Crippen LogP contribution in [0.5, 0.6) is 0 Å². The number of carbonyl (C=O) groups excluding carboxylic acids is 3. The minimum Gasteiger partial charge on any atom is -0.449 e. The van der Waals surface area contributed by atoms with Crippen LogP contribution in [0, 0.1) is 27.7 Å². The van der Waals surface area contributed by atoms with Crippen molar-refractivity contribution < 1.29 is 38.9 Å². The quantitative estimate of drug-likeness (QED) is 0.0467. The second kappa shape index (κ2) is 31.6. The molecule has 2 saturated carbocycles. The van der Waals surface area contributed by atoms with E-state index in [-0.39, 0.29) is 42.5 Å². The van der Waals surface area contributed by atoms with Crippen LogP contribution in [0.2, 0.25) is 0 Å². The molecule has 3 fully saturated rings. The minimum atomic E-state index is -0.735. The van der Waals surface area contributed by atoms with Gasteiger partial charge in [-0.1, -0.05) is 42.5 Å². The summed E-state index contributed by atoms with van der Waals surface area (Å²) in [6, 6.07) is 32.4. The number of nitrogens with one attached hydrogen (secondary N) is 3. The van der Waals surface area contributed by atoms with Crippen LogP contribution in [0.3, 0.4) is 0 Å². The number of hydrogen-bond donors (Lipinski definition) is 6. The van der Waals surface area contributed by atoms with E-state index in [1.54, 1.807) is 49.8 Å². The van der Waals surface area contributed by atoms with Crippen molar-refractivity contribution in [1.29, 1.82) is 0 Å². The number of aromatic nitrogens is 15. The van der Waals surface area contributed by atoms with E-state index in [1.165, 1.54) is 0 Å². The van der Waals surface area contributed by atoms with Gasteiger partial charge in [0.25, 0.3) is 17.7 Å². The summed E-state index contributed by atoms with van der Waals surface area (Å²) in [7, 11) is 3.73. The first-order valence-electron chi connectivity index (χ1n) is 34.5. The molecule has 3 amide bonds. The first-order valence-corrected chi connectivity index (χ1v) is 34.5. The smallest absolute Gasteiger partial charge is 0.270 e. The van der Waals surface area contributed by atoms with Crippen LogP contribution in [-0.2, 0) is 38.1 Å². The normalized spacial score (nSPS) is 17.8. The SMILES string of the molecule is Cc1c(Cc2ccc(-c3cnn(C)c3)nc2)cc(C(=O)N[C@H]2CCC[C@@H]2O)nc1-n1cccn1.Cc1c(Cc2ccc(-n3cccn3)cc2)cc(C(=O)N[C@H]2CCOC[C@@H]2O)nc1-c1ccn(C)n1.Cc1nc(-c2ccc(Cc3cc(C(=O)N[C@H]4CCC[C@@H]4O)nc(-n4cccn4)c3C)cc2)co1. The van der Waals surface area contributed by atoms with Gasteiger partial charge in [-0.2, -0.15) is 25.5 Å². The number of nitrogens with zero attached hydrogens (tertiary/aromatic N) is 15. The summed E-state index contributed by atoms with van der Waals surface area (Å²) in [5, 5.41) is 61.0. The molecule has 1 saturated heterocycles. The van der Waals surface area contributed by atoms with Crippen molar-refractivity contribution in [2.45, 2.75) is 128 Å². The van der Waals surface area contributed by atoms with Crippen molar-refractivity contribution in [2.24, 2.45) is 14.1 Å². The third-order valence-corrected chi connectivity index (χ3v) is 19.0. The fourth-order valence-corrected chi connectivity index (χ4v) is 13.1. The lowest BCUT2D eigenvalue weighted by molar-refractivity contribution is -0.0261. The van der Waals surface area contributed by atoms with E-state index in [0.717, 1.165) is 104 Å². The Morgan fingerprint density at radius 3 is 1.50 bits per heavy atom. The lowest BCUT2D eigenvalue weighted by Crippen LogP contribution is -2.48. The Morgan fingerprint density at radius 1 is 0.505 bits per heavy atom. The van der Waals surface area contributed by atoms with Gasteiger partial charge in [-0.05, 0) is 196 Å². The monoisotopic (exact) mass is 1390 g/mol. The van der Waals surface area contributed by atoms with Crippen molar-refractivity contribution in [3.8, 4) is 51.2 Å². The van der Waals surface area contributed by atoms with E-state index in [0.29, 0.717) is 91.1 Å². The molecule has 12 aromatic rings. The predicted molar refractivity (Wildman–Crippen MR) is 383 cm³/mol. The molecule has 0 radical (unpaired) electrons. The summed E-state index contributed by atoms with van der Waals surface area (Å²) in [6.07, 6.45) is 25.2. The van der Waals surface area contributed by atoms with E-state index in [2.05, 4.69) is 90.6 Å². The molecule has 26 nitrogen and oxygen atoms in total. The molecule has 3 aliphatic rings. The largest absolute Gasteiger partial charge is 0.449 e. The number of amides is 3. The fraction of sp³-hybridized carbons (Fsp3) is 0.312. The van der Waals surface area contributed by atoms with Gasteiger partial charge in [0, 0.05) is 94.5 Å². The summed E-state index contributed by atoms with van der Waals surface area (Å²) in [6.45, 7) is 8.53. The summed E-state index contributed by atoms with van der Waals surface area (Å²) in [5.74, 6) is 0.980. The third kappa shape index (κ3) is 16.8.